The second-order valence-corrected chi connectivity index (χ2v) is 15.5. The fourth-order valence-electron chi connectivity index (χ4n) is 9.07. The molecule has 11 aromatic rings. The quantitative estimate of drug-likeness (QED) is 0.170. The smallest absolute Gasteiger partial charge is 0.142 e. The van der Waals surface area contributed by atoms with Gasteiger partial charge < -0.3 is 18.6 Å². The normalized spacial score (nSPS) is 11.8. The van der Waals surface area contributed by atoms with Crippen LogP contribution in [0.25, 0.3) is 65.4 Å². The summed E-state index contributed by atoms with van der Waals surface area (Å²) in [5.74, 6) is 0. The van der Waals surface area contributed by atoms with E-state index in [1.165, 1.54) is 27.5 Å². The van der Waals surface area contributed by atoms with Crippen LogP contribution in [0.15, 0.2) is 179 Å². The number of nitrogens with zero attached hydrogens (tertiary/aromatic N) is 2. The van der Waals surface area contributed by atoms with Crippen molar-refractivity contribution in [3.05, 3.63) is 192 Å². The van der Waals surface area contributed by atoms with E-state index in [9.17, 15) is 0 Å². The molecule has 4 nitrogen and oxygen atoms in total. The van der Waals surface area contributed by atoms with Crippen molar-refractivity contribution in [2.24, 2.45) is 0 Å². The summed E-state index contributed by atoms with van der Waals surface area (Å²) in [7, 11) is 0. The number of rotatable bonds is 6. The lowest BCUT2D eigenvalue weighted by Crippen LogP contribution is -2.11. The molecule has 2 aromatic heterocycles. The minimum atomic E-state index is 0.875. The average Bonchev–Trinajstić information content (AvgIpc) is 3.82. The molecule has 2 heterocycles. The molecule has 0 aliphatic carbocycles. The number of aryl methyl sites for hydroxylation is 4. The summed E-state index contributed by atoms with van der Waals surface area (Å²) in [6, 6.07) is 60.7. The monoisotopic (exact) mass is 748 g/mol. The molecule has 0 fully saturated rings. The number of anilines is 6. The fraction of sp³-hybridized carbons (Fsp3) is 0.0741. The zero-order valence-corrected chi connectivity index (χ0v) is 32.9. The SMILES string of the molecule is Cc1ccccc1N(c1ccccc1)c1ccc2cc3c(cc2c1)oc1c(C)c2oc4cc5cc(N(c6ccccc6)c6ccccc6C)ccc5cc4c2c(C)c13. The van der Waals surface area contributed by atoms with Crippen molar-refractivity contribution in [1.82, 2.24) is 0 Å². The van der Waals surface area contributed by atoms with Crippen LogP contribution in [-0.4, -0.2) is 0 Å². The van der Waals surface area contributed by atoms with Gasteiger partial charge in [-0.25, -0.2) is 0 Å². The van der Waals surface area contributed by atoms with Crippen molar-refractivity contribution in [2.45, 2.75) is 27.7 Å². The van der Waals surface area contributed by atoms with Gasteiger partial charge in [-0.15, -0.1) is 0 Å². The topological polar surface area (TPSA) is 32.8 Å². The Morgan fingerprint density at radius 2 is 0.759 bits per heavy atom. The summed E-state index contributed by atoms with van der Waals surface area (Å²) in [5, 5.41) is 9.12. The van der Waals surface area contributed by atoms with Gasteiger partial charge in [0.05, 0.1) is 0 Å². The first kappa shape index (κ1) is 34.0. The molecule has 0 N–H and O–H groups in total. The van der Waals surface area contributed by atoms with Crippen LogP contribution < -0.4 is 9.80 Å². The maximum atomic E-state index is 6.80. The Kier molecular flexibility index (Phi) is 7.70. The minimum Gasteiger partial charge on any atom is -0.456 e. The van der Waals surface area contributed by atoms with Crippen molar-refractivity contribution in [3.8, 4) is 0 Å². The molecular formula is C54H40N2O2. The summed E-state index contributed by atoms with van der Waals surface area (Å²) in [4.78, 5) is 4.67. The van der Waals surface area contributed by atoms with Crippen LogP contribution in [0.4, 0.5) is 34.1 Å². The van der Waals surface area contributed by atoms with Gasteiger partial charge in [0.15, 0.2) is 0 Å². The Hall–Kier alpha value is -7.30. The Labute approximate surface area is 336 Å². The standard InChI is InChI=1S/C54H40N2O2/c1-33-15-11-13-21-47(33)55(41-17-7-5-8-18-41)43-25-23-37-29-45-49(31-39(37)27-43)57-53-36(4)54-52(35(3)51(45)53)46-30-38-24-26-44(28-40(38)32-50(46)58-54)56(42-19-9-6-10-20-42)48-22-14-12-16-34(48)2/h5-32H,1-4H3. The van der Waals surface area contributed by atoms with Gasteiger partial charge in [0, 0.05) is 61.2 Å². The molecule has 0 amide bonds. The number of fused-ring (bicyclic) bond motifs is 8. The second kappa shape index (κ2) is 13.1. The number of benzene rings is 9. The van der Waals surface area contributed by atoms with Gasteiger partial charge in [-0.1, -0.05) is 84.9 Å². The third kappa shape index (κ3) is 5.29. The van der Waals surface area contributed by atoms with Crippen LogP contribution in [0, 0.1) is 27.7 Å². The molecule has 0 unspecified atom stereocenters. The van der Waals surface area contributed by atoms with Gasteiger partial charge in [-0.05, 0) is 151 Å². The van der Waals surface area contributed by atoms with E-state index in [1.807, 2.05) is 0 Å². The first-order valence-corrected chi connectivity index (χ1v) is 19.9. The highest BCUT2D eigenvalue weighted by molar-refractivity contribution is 6.22. The van der Waals surface area contributed by atoms with Crippen LogP contribution >= 0.6 is 0 Å². The molecule has 0 atom stereocenters. The first-order chi connectivity index (χ1) is 28.4. The van der Waals surface area contributed by atoms with Gasteiger partial charge in [0.25, 0.3) is 0 Å². The van der Waals surface area contributed by atoms with Gasteiger partial charge in [0.1, 0.15) is 22.3 Å². The van der Waals surface area contributed by atoms with Crippen molar-refractivity contribution < 1.29 is 8.83 Å². The van der Waals surface area contributed by atoms with Crippen molar-refractivity contribution in [1.29, 1.82) is 0 Å². The molecule has 11 rings (SSSR count). The molecule has 9 aromatic carbocycles. The second-order valence-electron chi connectivity index (χ2n) is 15.5. The molecular weight excluding hydrogens is 709 g/mol. The van der Waals surface area contributed by atoms with Crippen LogP contribution in [0.2, 0.25) is 0 Å². The maximum absolute atomic E-state index is 6.80. The van der Waals surface area contributed by atoms with Crippen LogP contribution in [-0.2, 0) is 0 Å². The summed E-state index contributed by atoms with van der Waals surface area (Å²) >= 11 is 0. The Morgan fingerprint density at radius 3 is 1.19 bits per heavy atom. The zero-order valence-electron chi connectivity index (χ0n) is 32.9. The molecule has 0 bridgehead atoms. The van der Waals surface area contributed by atoms with E-state index >= 15 is 0 Å². The maximum Gasteiger partial charge on any atom is 0.142 e. The van der Waals surface area contributed by atoms with Gasteiger partial charge in [-0.2, -0.15) is 0 Å². The van der Waals surface area contributed by atoms with E-state index in [4.69, 9.17) is 8.83 Å². The number of furan rings is 2. The number of hydrogen-bond acceptors (Lipinski definition) is 4. The van der Waals surface area contributed by atoms with E-state index in [-0.39, 0.29) is 0 Å². The highest BCUT2D eigenvalue weighted by atomic mass is 16.3. The number of hydrogen-bond donors (Lipinski definition) is 0. The largest absolute Gasteiger partial charge is 0.456 e. The van der Waals surface area contributed by atoms with Crippen LogP contribution in [0.5, 0.6) is 0 Å². The molecule has 0 saturated heterocycles. The average molecular weight is 749 g/mol. The molecule has 0 aliphatic rings. The minimum absolute atomic E-state index is 0.875. The van der Waals surface area contributed by atoms with E-state index in [1.54, 1.807) is 0 Å². The predicted molar refractivity (Wildman–Crippen MR) is 244 cm³/mol. The van der Waals surface area contributed by atoms with E-state index < -0.39 is 0 Å². The van der Waals surface area contributed by atoms with Crippen molar-refractivity contribution in [2.75, 3.05) is 9.80 Å². The van der Waals surface area contributed by atoms with Crippen LogP contribution in [0.3, 0.4) is 0 Å². The fourth-order valence-corrected chi connectivity index (χ4v) is 9.07. The highest BCUT2D eigenvalue weighted by Crippen LogP contribution is 2.46. The van der Waals surface area contributed by atoms with E-state index in [0.29, 0.717) is 0 Å². The van der Waals surface area contributed by atoms with Gasteiger partial charge >= 0.3 is 0 Å². The summed E-state index contributed by atoms with van der Waals surface area (Å²) in [5.41, 5.74) is 14.9. The zero-order chi connectivity index (χ0) is 39.1. The van der Waals surface area contributed by atoms with Crippen LogP contribution in [0.1, 0.15) is 22.3 Å². The molecule has 0 radical (unpaired) electrons. The first-order valence-electron chi connectivity index (χ1n) is 19.9. The Bertz CT molecular complexity index is 3170. The molecule has 0 saturated carbocycles. The van der Waals surface area contributed by atoms with Gasteiger partial charge in [0.2, 0.25) is 0 Å². The van der Waals surface area contributed by atoms with Gasteiger partial charge in [-0.3, -0.25) is 0 Å². The number of para-hydroxylation sites is 4. The lowest BCUT2D eigenvalue weighted by molar-refractivity contribution is 0.651. The molecule has 0 spiro atoms. The van der Waals surface area contributed by atoms with E-state index in [2.05, 4.69) is 207 Å². The predicted octanol–water partition coefficient (Wildman–Crippen LogP) is 16.0. The Balaban J connectivity index is 1.05. The lowest BCUT2D eigenvalue weighted by Gasteiger charge is -2.27. The summed E-state index contributed by atoms with van der Waals surface area (Å²) < 4.78 is 13.6. The highest BCUT2D eigenvalue weighted by Gasteiger charge is 2.23. The van der Waals surface area contributed by atoms with E-state index in [0.717, 1.165) is 94.3 Å². The third-order valence-electron chi connectivity index (χ3n) is 12.0. The summed E-state index contributed by atoms with van der Waals surface area (Å²) in [6.07, 6.45) is 0. The van der Waals surface area contributed by atoms with Crippen molar-refractivity contribution >= 4 is 99.5 Å². The summed E-state index contributed by atoms with van der Waals surface area (Å²) in [6.45, 7) is 8.68. The molecule has 0 aliphatic heterocycles. The molecule has 278 valence electrons. The molecule has 58 heavy (non-hydrogen) atoms. The third-order valence-corrected chi connectivity index (χ3v) is 12.0. The lowest BCUT2D eigenvalue weighted by atomic mass is 9.96. The molecule has 4 heteroatoms. The van der Waals surface area contributed by atoms with Crippen molar-refractivity contribution in [3.63, 3.8) is 0 Å². The Morgan fingerprint density at radius 1 is 0.345 bits per heavy atom.